The minimum atomic E-state index is -0.747. The number of nitrogens with zero attached hydrogens (tertiary/aromatic N) is 2. The number of rotatable bonds is 1. The first-order valence-corrected chi connectivity index (χ1v) is 5.53. The van der Waals surface area contributed by atoms with Crippen molar-refractivity contribution >= 4 is 5.91 Å². The summed E-state index contributed by atoms with van der Waals surface area (Å²) in [6.45, 7) is 2.88. The number of amides is 1. The van der Waals surface area contributed by atoms with Gasteiger partial charge in [-0.3, -0.25) is 9.78 Å². The van der Waals surface area contributed by atoms with Gasteiger partial charge in [0.15, 0.2) is 0 Å². The molecule has 1 amide bonds. The van der Waals surface area contributed by atoms with Gasteiger partial charge in [-0.05, 0) is 31.9 Å². The Balaban J connectivity index is 2.08. The van der Waals surface area contributed by atoms with Gasteiger partial charge < -0.3 is 4.90 Å². The van der Waals surface area contributed by atoms with Gasteiger partial charge in [0, 0.05) is 30.5 Å². The molecule has 2 rings (SSSR count). The van der Waals surface area contributed by atoms with Crippen molar-refractivity contribution < 1.29 is 9.18 Å². The number of piperidine rings is 1. The molecule has 0 unspecified atom stereocenters. The fourth-order valence-electron chi connectivity index (χ4n) is 1.91. The Hall–Kier alpha value is -1.45. The fourth-order valence-corrected chi connectivity index (χ4v) is 1.91. The fraction of sp³-hybridized carbons (Fsp3) is 0.500. The molecular weight excluding hydrogens is 207 g/mol. The minimum absolute atomic E-state index is 0.0163. The molecule has 1 aromatic rings. The van der Waals surface area contributed by atoms with E-state index in [0.29, 0.717) is 31.5 Å². The average Bonchev–Trinajstić information content (AvgIpc) is 2.29. The summed E-state index contributed by atoms with van der Waals surface area (Å²) in [5.74, 6) is -0.0163. The predicted octanol–water partition coefficient (Wildman–Crippen LogP) is 1.96. The van der Waals surface area contributed by atoms with Gasteiger partial charge in [0.2, 0.25) is 0 Å². The van der Waals surface area contributed by atoms with Crippen molar-refractivity contribution in [2.24, 2.45) is 0 Å². The number of hydrogen-bond donors (Lipinski definition) is 0. The maximum atomic E-state index is 12.9. The third-order valence-electron chi connectivity index (χ3n) is 2.86. The highest BCUT2D eigenvalue weighted by atomic mass is 19.1. The van der Waals surface area contributed by atoms with Gasteiger partial charge in [-0.1, -0.05) is 0 Å². The van der Waals surface area contributed by atoms with E-state index in [1.807, 2.05) is 6.92 Å². The monoisotopic (exact) mass is 222 g/mol. The van der Waals surface area contributed by atoms with E-state index in [0.717, 1.165) is 5.69 Å². The van der Waals surface area contributed by atoms with Crippen LogP contribution in [-0.2, 0) is 0 Å². The lowest BCUT2D eigenvalue weighted by molar-refractivity contribution is 0.0667. The third-order valence-corrected chi connectivity index (χ3v) is 2.86. The highest BCUT2D eigenvalue weighted by Crippen LogP contribution is 2.16. The molecular formula is C12H15FN2O. The SMILES string of the molecule is Cc1cc(C(=O)N2CCC(F)CC2)ccn1. The third kappa shape index (κ3) is 2.38. The molecule has 1 aromatic heterocycles. The smallest absolute Gasteiger partial charge is 0.253 e. The van der Waals surface area contributed by atoms with Crippen LogP contribution in [0.3, 0.4) is 0 Å². The van der Waals surface area contributed by atoms with Crippen molar-refractivity contribution in [3.8, 4) is 0 Å². The highest BCUT2D eigenvalue weighted by Gasteiger charge is 2.23. The van der Waals surface area contributed by atoms with Gasteiger partial charge in [0.05, 0.1) is 0 Å². The molecule has 0 bridgehead atoms. The molecule has 0 aliphatic carbocycles. The van der Waals surface area contributed by atoms with Crippen LogP contribution in [0.5, 0.6) is 0 Å². The van der Waals surface area contributed by atoms with Gasteiger partial charge in [-0.25, -0.2) is 4.39 Å². The number of alkyl halides is 1. The molecule has 0 N–H and O–H groups in total. The first-order chi connectivity index (χ1) is 7.66. The number of likely N-dealkylation sites (tertiary alicyclic amines) is 1. The lowest BCUT2D eigenvalue weighted by Crippen LogP contribution is -2.39. The van der Waals surface area contributed by atoms with Gasteiger partial charge in [0.25, 0.3) is 5.91 Å². The van der Waals surface area contributed by atoms with Crippen LogP contribution in [0.25, 0.3) is 0 Å². The molecule has 16 heavy (non-hydrogen) atoms. The quantitative estimate of drug-likeness (QED) is 0.727. The number of halogens is 1. The Kier molecular flexibility index (Phi) is 3.17. The Morgan fingerprint density at radius 2 is 2.19 bits per heavy atom. The predicted molar refractivity (Wildman–Crippen MR) is 59.0 cm³/mol. The van der Waals surface area contributed by atoms with Crippen LogP contribution in [0.2, 0.25) is 0 Å². The summed E-state index contributed by atoms with van der Waals surface area (Å²) >= 11 is 0. The van der Waals surface area contributed by atoms with Gasteiger partial charge in [-0.15, -0.1) is 0 Å². The first-order valence-electron chi connectivity index (χ1n) is 5.53. The summed E-state index contributed by atoms with van der Waals surface area (Å²) < 4.78 is 12.9. The second-order valence-corrected chi connectivity index (χ2v) is 4.15. The topological polar surface area (TPSA) is 33.2 Å². The number of hydrogen-bond acceptors (Lipinski definition) is 2. The molecule has 1 aliphatic rings. The molecule has 0 radical (unpaired) electrons. The van der Waals surface area contributed by atoms with Crippen LogP contribution in [0.15, 0.2) is 18.3 Å². The Morgan fingerprint density at radius 1 is 1.50 bits per heavy atom. The summed E-state index contributed by atoms with van der Waals surface area (Å²) in [6, 6.07) is 3.47. The molecule has 1 saturated heterocycles. The van der Waals surface area contributed by atoms with Crippen LogP contribution in [-0.4, -0.2) is 35.1 Å². The number of aryl methyl sites for hydroxylation is 1. The van der Waals surface area contributed by atoms with E-state index in [4.69, 9.17) is 0 Å². The summed E-state index contributed by atoms with van der Waals surface area (Å²) in [5.41, 5.74) is 1.47. The zero-order valence-electron chi connectivity index (χ0n) is 9.32. The van der Waals surface area contributed by atoms with E-state index in [1.165, 1.54) is 0 Å². The van der Waals surface area contributed by atoms with Gasteiger partial charge in [-0.2, -0.15) is 0 Å². The van der Waals surface area contributed by atoms with E-state index >= 15 is 0 Å². The zero-order valence-corrected chi connectivity index (χ0v) is 9.32. The largest absolute Gasteiger partial charge is 0.338 e. The Morgan fingerprint density at radius 3 is 2.81 bits per heavy atom. The molecule has 1 fully saturated rings. The standard InChI is InChI=1S/C12H15FN2O/c1-9-8-10(2-5-14-9)12(16)15-6-3-11(13)4-7-15/h2,5,8,11H,3-4,6-7H2,1H3. The van der Waals surface area contributed by atoms with Crippen LogP contribution in [0, 0.1) is 6.92 Å². The molecule has 0 spiro atoms. The van der Waals surface area contributed by atoms with Crippen LogP contribution in [0.1, 0.15) is 28.9 Å². The second kappa shape index (κ2) is 4.60. The average molecular weight is 222 g/mol. The van der Waals surface area contributed by atoms with E-state index in [1.54, 1.807) is 23.2 Å². The summed E-state index contributed by atoms with van der Waals surface area (Å²) in [4.78, 5) is 17.8. The molecule has 3 nitrogen and oxygen atoms in total. The maximum absolute atomic E-state index is 12.9. The summed E-state index contributed by atoms with van der Waals surface area (Å²) in [5, 5.41) is 0. The van der Waals surface area contributed by atoms with Crippen LogP contribution >= 0.6 is 0 Å². The normalized spacial score (nSPS) is 17.5. The number of carbonyl (C=O) groups excluding carboxylic acids is 1. The van der Waals surface area contributed by atoms with Crippen LogP contribution < -0.4 is 0 Å². The number of aromatic nitrogens is 1. The maximum Gasteiger partial charge on any atom is 0.253 e. The van der Waals surface area contributed by atoms with E-state index in [2.05, 4.69) is 4.98 Å². The lowest BCUT2D eigenvalue weighted by atomic mass is 10.1. The van der Waals surface area contributed by atoms with Crippen molar-refractivity contribution in [3.05, 3.63) is 29.6 Å². The first kappa shape index (κ1) is 11.0. The number of pyridine rings is 1. The van der Waals surface area contributed by atoms with Crippen molar-refractivity contribution in [2.75, 3.05) is 13.1 Å². The molecule has 0 atom stereocenters. The second-order valence-electron chi connectivity index (χ2n) is 4.15. The minimum Gasteiger partial charge on any atom is -0.338 e. The summed E-state index contributed by atoms with van der Waals surface area (Å²) in [6.07, 6.45) is 1.79. The molecule has 4 heteroatoms. The molecule has 1 aliphatic heterocycles. The van der Waals surface area contributed by atoms with Crippen molar-refractivity contribution in [2.45, 2.75) is 25.9 Å². The molecule has 0 aromatic carbocycles. The molecule has 0 saturated carbocycles. The van der Waals surface area contributed by atoms with Gasteiger partial charge in [0.1, 0.15) is 6.17 Å². The van der Waals surface area contributed by atoms with Crippen molar-refractivity contribution in [3.63, 3.8) is 0 Å². The lowest BCUT2D eigenvalue weighted by Gasteiger charge is -2.28. The summed E-state index contributed by atoms with van der Waals surface area (Å²) in [7, 11) is 0. The highest BCUT2D eigenvalue weighted by molar-refractivity contribution is 5.94. The number of carbonyl (C=O) groups is 1. The zero-order chi connectivity index (χ0) is 11.5. The molecule has 2 heterocycles. The van der Waals surface area contributed by atoms with Crippen LogP contribution in [0.4, 0.5) is 4.39 Å². The van der Waals surface area contributed by atoms with Crippen molar-refractivity contribution in [1.29, 1.82) is 0 Å². The Labute approximate surface area is 94.3 Å². The van der Waals surface area contributed by atoms with E-state index < -0.39 is 6.17 Å². The molecule has 86 valence electrons. The van der Waals surface area contributed by atoms with E-state index in [9.17, 15) is 9.18 Å². The Bertz CT molecular complexity index is 386. The van der Waals surface area contributed by atoms with E-state index in [-0.39, 0.29) is 5.91 Å². The van der Waals surface area contributed by atoms with Gasteiger partial charge >= 0.3 is 0 Å². The van der Waals surface area contributed by atoms with Crippen molar-refractivity contribution in [1.82, 2.24) is 9.88 Å².